The van der Waals surface area contributed by atoms with Crippen LogP contribution in [-0.4, -0.2) is 11.3 Å². The minimum atomic E-state index is 0.405. The fourth-order valence-electron chi connectivity index (χ4n) is 3.21. The zero-order chi connectivity index (χ0) is 21.3. The first-order valence-corrected chi connectivity index (χ1v) is 10.2. The third-order valence-corrected chi connectivity index (χ3v) is 4.87. The van der Waals surface area contributed by atoms with E-state index in [9.17, 15) is 4.79 Å². The second kappa shape index (κ2) is 10.2. The highest BCUT2D eigenvalue weighted by atomic mass is 16.5. The number of aromatic nitrogens is 1. The molecule has 31 heavy (non-hydrogen) atoms. The van der Waals surface area contributed by atoms with Crippen molar-refractivity contribution in [3.63, 3.8) is 0 Å². The molecule has 0 fully saturated rings. The van der Waals surface area contributed by atoms with Crippen LogP contribution in [0.25, 0.3) is 11.1 Å². The van der Waals surface area contributed by atoms with E-state index < -0.39 is 0 Å². The van der Waals surface area contributed by atoms with Crippen molar-refractivity contribution < 1.29 is 14.3 Å². The SMILES string of the molecule is O=CCc1ccc(-c2ccc(OCc3ccccc3)nc2OCc2ccccc2)cc1. The lowest BCUT2D eigenvalue weighted by atomic mass is 10.0. The molecule has 0 aliphatic heterocycles. The van der Waals surface area contributed by atoms with Gasteiger partial charge < -0.3 is 14.3 Å². The molecule has 0 saturated carbocycles. The van der Waals surface area contributed by atoms with Crippen molar-refractivity contribution in [1.29, 1.82) is 0 Å². The van der Waals surface area contributed by atoms with Gasteiger partial charge in [-0.3, -0.25) is 0 Å². The Hall–Kier alpha value is -3.92. The van der Waals surface area contributed by atoms with Crippen molar-refractivity contribution in [3.8, 4) is 22.9 Å². The minimum absolute atomic E-state index is 0.405. The predicted molar refractivity (Wildman–Crippen MR) is 121 cm³/mol. The predicted octanol–water partition coefficient (Wildman–Crippen LogP) is 5.65. The van der Waals surface area contributed by atoms with Crippen LogP contribution in [0.3, 0.4) is 0 Å². The molecule has 0 radical (unpaired) electrons. The first kappa shape index (κ1) is 20.4. The molecule has 4 heteroatoms. The number of pyridine rings is 1. The van der Waals surface area contributed by atoms with Crippen LogP contribution in [-0.2, 0) is 24.4 Å². The molecule has 0 amide bonds. The molecular weight excluding hydrogens is 386 g/mol. The summed E-state index contributed by atoms with van der Waals surface area (Å²) in [5.74, 6) is 1.02. The van der Waals surface area contributed by atoms with Crippen LogP contribution in [0.1, 0.15) is 16.7 Å². The van der Waals surface area contributed by atoms with Crippen LogP contribution in [0.4, 0.5) is 0 Å². The smallest absolute Gasteiger partial charge is 0.225 e. The summed E-state index contributed by atoms with van der Waals surface area (Å²) in [7, 11) is 0. The van der Waals surface area contributed by atoms with Crippen molar-refractivity contribution in [3.05, 3.63) is 114 Å². The summed E-state index contributed by atoms with van der Waals surface area (Å²) in [5.41, 5.74) is 4.96. The third kappa shape index (κ3) is 5.58. The Balaban J connectivity index is 1.58. The monoisotopic (exact) mass is 409 g/mol. The van der Waals surface area contributed by atoms with Gasteiger partial charge in [-0.25, -0.2) is 0 Å². The molecule has 0 spiro atoms. The van der Waals surface area contributed by atoms with Crippen molar-refractivity contribution in [2.24, 2.45) is 0 Å². The maximum absolute atomic E-state index is 10.8. The van der Waals surface area contributed by atoms with Gasteiger partial charge in [-0.1, -0.05) is 84.9 Å². The van der Waals surface area contributed by atoms with Gasteiger partial charge in [0.05, 0.1) is 0 Å². The highest BCUT2D eigenvalue weighted by Crippen LogP contribution is 2.31. The van der Waals surface area contributed by atoms with Gasteiger partial charge in [0.25, 0.3) is 0 Å². The minimum Gasteiger partial charge on any atom is -0.473 e. The first-order valence-electron chi connectivity index (χ1n) is 10.2. The van der Waals surface area contributed by atoms with Gasteiger partial charge in [0.1, 0.15) is 19.5 Å². The summed E-state index contributed by atoms with van der Waals surface area (Å²) in [5, 5.41) is 0. The van der Waals surface area contributed by atoms with E-state index in [1.807, 2.05) is 97.1 Å². The van der Waals surface area contributed by atoms with E-state index in [0.717, 1.165) is 34.1 Å². The Bertz CT molecular complexity index is 1110. The van der Waals surface area contributed by atoms with Gasteiger partial charge in [0.15, 0.2) is 0 Å². The summed E-state index contributed by atoms with van der Waals surface area (Å²) in [6.45, 7) is 0.845. The summed E-state index contributed by atoms with van der Waals surface area (Å²) in [6, 6.07) is 31.6. The van der Waals surface area contributed by atoms with E-state index >= 15 is 0 Å². The molecule has 0 aliphatic carbocycles. The van der Waals surface area contributed by atoms with Gasteiger partial charge in [0, 0.05) is 18.1 Å². The standard InChI is InChI=1S/C27H23NO3/c29-18-17-21-11-13-24(14-12-21)25-15-16-26(30-19-22-7-3-1-4-8-22)28-27(25)31-20-23-9-5-2-6-10-23/h1-16,18H,17,19-20H2. The molecule has 0 unspecified atom stereocenters. The van der Waals surface area contributed by atoms with E-state index in [0.29, 0.717) is 31.4 Å². The third-order valence-electron chi connectivity index (χ3n) is 4.87. The van der Waals surface area contributed by atoms with Crippen molar-refractivity contribution in [2.45, 2.75) is 19.6 Å². The maximum Gasteiger partial charge on any atom is 0.225 e. The number of hydrogen-bond acceptors (Lipinski definition) is 4. The molecule has 1 heterocycles. The number of hydrogen-bond donors (Lipinski definition) is 0. The van der Waals surface area contributed by atoms with Gasteiger partial charge >= 0.3 is 0 Å². The lowest BCUT2D eigenvalue weighted by molar-refractivity contribution is -0.107. The highest BCUT2D eigenvalue weighted by molar-refractivity contribution is 5.69. The number of carbonyl (C=O) groups excluding carboxylic acids is 1. The van der Waals surface area contributed by atoms with E-state index in [4.69, 9.17) is 9.47 Å². The molecule has 4 aromatic rings. The molecule has 0 N–H and O–H groups in total. The summed E-state index contributed by atoms with van der Waals surface area (Å²) >= 11 is 0. The number of nitrogens with zero attached hydrogens (tertiary/aromatic N) is 1. The summed E-state index contributed by atoms with van der Waals surface area (Å²) < 4.78 is 12.0. The van der Waals surface area contributed by atoms with Crippen LogP contribution in [0.2, 0.25) is 0 Å². The number of aldehydes is 1. The summed E-state index contributed by atoms with van der Waals surface area (Å²) in [6.07, 6.45) is 1.31. The number of benzene rings is 3. The highest BCUT2D eigenvalue weighted by Gasteiger charge is 2.11. The Morgan fingerprint density at radius 3 is 1.87 bits per heavy atom. The fraction of sp³-hybridized carbons (Fsp3) is 0.111. The zero-order valence-electron chi connectivity index (χ0n) is 17.1. The zero-order valence-corrected chi connectivity index (χ0v) is 17.1. The van der Waals surface area contributed by atoms with Crippen LogP contribution in [0, 0.1) is 0 Å². The Morgan fingerprint density at radius 2 is 1.26 bits per heavy atom. The normalized spacial score (nSPS) is 10.5. The Labute approximate surface area is 182 Å². The molecule has 0 saturated heterocycles. The number of rotatable bonds is 9. The molecule has 4 nitrogen and oxygen atoms in total. The number of ether oxygens (including phenoxy) is 2. The molecule has 1 aromatic heterocycles. The topological polar surface area (TPSA) is 48.4 Å². The van der Waals surface area contributed by atoms with Gasteiger partial charge in [-0.2, -0.15) is 4.98 Å². The lowest BCUT2D eigenvalue weighted by Crippen LogP contribution is -2.02. The van der Waals surface area contributed by atoms with E-state index in [2.05, 4.69) is 4.98 Å². The molecule has 154 valence electrons. The molecule has 0 bridgehead atoms. The number of carbonyl (C=O) groups is 1. The van der Waals surface area contributed by atoms with Crippen LogP contribution in [0.5, 0.6) is 11.8 Å². The van der Waals surface area contributed by atoms with E-state index in [1.165, 1.54) is 0 Å². The van der Waals surface area contributed by atoms with E-state index in [1.54, 1.807) is 0 Å². The second-order valence-corrected chi connectivity index (χ2v) is 7.12. The second-order valence-electron chi connectivity index (χ2n) is 7.12. The Morgan fingerprint density at radius 1 is 0.645 bits per heavy atom. The van der Waals surface area contributed by atoms with Crippen LogP contribution >= 0.6 is 0 Å². The lowest BCUT2D eigenvalue weighted by Gasteiger charge is -2.13. The van der Waals surface area contributed by atoms with Crippen LogP contribution < -0.4 is 9.47 Å². The van der Waals surface area contributed by atoms with Crippen molar-refractivity contribution >= 4 is 6.29 Å². The molecule has 4 rings (SSSR count). The van der Waals surface area contributed by atoms with Crippen molar-refractivity contribution in [2.75, 3.05) is 0 Å². The van der Waals surface area contributed by atoms with Gasteiger partial charge in [0.2, 0.25) is 11.8 Å². The average Bonchev–Trinajstić information content (AvgIpc) is 2.84. The maximum atomic E-state index is 10.8. The fourth-order valence-corrected chi connectivity index (χ4v) is 3.21. The largest absolute Gasteiger partial charge is 0.473 e. The van der Waals surface area contributed by atoms with Crippen LogP contribution in [0.15, 0.2) is 97.1 Å². The molecule has 0 aliphatic rings. The Kier molecular flexibility index (Phi) is 6.71. The van der Waals surface area contributed by atoms with E-state index in [-0.39, 0.29) is 0 Å². The molecule has 3 aromatic carbocycles. The quantitative estimate of drug-likeness (QED) is 0.335. The van der Waals surface area contributed by atoms with Gasteiger partial charge in [-0.05, 0) is 28.3 Å². The molecular formula is C27H23NO3. The van der Waals surface area contributed by atoms with Crippen molar-refractivity contribution in [1.82, 2.24) is 4.98 Å². The summed E-state index contributed by atoms with van der Waals surface area (Å²) in [4.78, 5) is 15.4. The molecule has 0 atom stereocenters. The first-order chi connectivity index (χ1) is 15.3. The average molecular weight is 409 g/mol. The van der Waals surface area contributed by atoms with Gasteiger partial charge in [-0.15, -0.1) is 0 Å².